The average Bonchev–Trinajstić information content (AvgIpc) is 1.85. The van der Waals surface area contributed by atoms with Crippen LogP contribution < -0.4 is 0 Å². The smallest absolute Gasteiger partial charge is 0.177 e. The Balaban J connectivity index is 4.56. The molecular formula is C9H17NO. The molecule has 0 unspecified atom stereocenters. The van der Waals surface area contributed by atoms with Gasteiger partial charge in [-0.25, -0.2) is 0 Å². The van der Waals surface area contributed by atoms with Gasteiger partial charge in [0.25, 0.3) is 0 Å². The normalized spacial score (nSPS) is 11.8. The summed E-state index contributed by atoms with van der Waals surface area (Å²) in [6.45, 7) is 9.16. The molecule has 0 N–H and O–H groups in total. The second kappa shape index (κ2) is 3.18. The molecule has 0 spiro atoms. The highest BCUT2D eigenvalue weighted by Gasteiger charge is 2.29. The number of Topliss-reactive ketones (excluding diaryl/α,β-unsaturated/α-hetero) is 1. The number of rotatable bonds is 3. The first-order valence-corrected chi connectivity index (χ1v) is 3.68. The van der Waals surface area contributed by atoms with Gasteiger partial charge in [-0.3, -0.25) is 9.69 Å². The van der Waals surface area contributed by atoms with Crippen molar-refractivity contribution in [3.05, 3.63) is 12.2 Å². The van der Waals surface area contributed by atoms with Gasteiger partial charge >= 0.3 is 0 Å². The molecule has 0 saturated carbocycles. The molecule has 0 aliphatic carbocycles. The molecule has 0 radical (unpaired) electrons. The van der Waals surface area contributed by atoms with E-state index < -0.39 is 5.54 Å². The van der Waals surface area contributed by atoms with Crippen LogP contribution in [0.2, 0.25) is 0 Å². The molecule has 0 amide bonds. The van der Waals surface area contributed by atoms with Crippen molar-refractivity contribution in [3.8, 4) is 0 Å². The number of nitrogens with zero attached hydrogens (tertiary/aromatic N) is 1. The van der Waals surface area contributed by atoms with Gasteiger partial charge in [0.05, 0.1) is 5.54 Å². The van der Waals surface area contributed by atoms with Gasteiger partial charge in [-0.2, -0.15) is 0 Å². The van der Waals surface area contributed by atoms with Crippen LogP contribution in [0.5, 0.6) is 0 Å². The predicted molar refractivity (Wildman–Crippen MR) is 47.6 cm³/mol. The molecule has 0 saturated heterocycles. The van der Waals surface area contributed by atoms with E-state index in [2.05, 4.69) is 6.58 Å². The topological polar surface area (TPSA) is 20.3 Å². The van der Waals surface area contributed by atoms with Crippen molar-refractivity contribution in [3.63, 3.8) is 0 Å². The lowest BCUT2D eigenvalue weighted by molar-refractivity contribution is -0.124. The number of likely N-dealkylation sites (N-methyl/N-ethyl adjacent to an activating group) is 1. The van der Waals surface area contributed by atoms with Gasteiger partial charge in [0.15, 0.2) is 5.78 Å². The third kappa shape index (κ3) is 2.15. The molecule has 64 valence electrons. The molecule has 0 rings (SSSR count). The summed E-state index contributed by atoms with van der Waals surface area (Å²) >= 11 is 0. The Hall–Kier alpha value is -0.630. The Morgan fingerprint density at radius 2 is 1.73 bits per heavy atom. The quantitative estimate of drug-likeness (QED) is 0.575. The van der Waals surface area contributed by atoms with Crippen LogP contribution in [0.1, 0.15) is 20.8 Å². The Morgan fingerprint density at radius 3 is 1.82 bits per heavy atom. The van der Waals surface area contributed by atoms with Crippen molar-refractivity contribution in [1.29, 1.82) is 0 Å². The van der Waals surface area contributed by atoms with E-state index in [1.807, 2.05) is 32.8 Å². The van der Waals surface area contributed by atoms with Crippen LogP contribution in [0.25, 0.3) is 0 Å². The van der Waals surface area contributed by atoms with Gasteiger partial charge < -0.3 is 0 Å². The van der Waals surface area contributed by atoms with Crippen LogP contribution in [-0.4, -0.2) is 30.3 Å². The molecule has 0 aromatic carbocycles. The maximum Gasteiger partial charge on any atom is 0.177 e. The van der Waals surface area contributed by atoms with Crippen LogP contribution in [-0.2, 0) is 4.79 Å². The van der Waals surface area contributed by atoms with E-state index in [1.165, 1.54) is 0 Å². The van der Waals surface area contributed by atoms with Crippen LogP contribution in [0, 0.1) is 0 Å². The van der Waals surface area contributed by atoms with Gasteiger partial charge in [-0.15, -0.1) is 0 Å². The highest BCUT2D eigenvalue weighted by Crippen LogP contribution is 2.15. The highest BCUT2D eigenvalue weighted by molar-refractivity contribution is 6.01. The minimum Gasteiger partial charge on any atom is -0.297 e. The van der Waals surface area contributed by atoms with Gasteiger partial charge in [0, 0.05) is 0 Å². The first-order chi connectivity index (χ1) is 4.80. The summed E-state index contributed by atoms with van der Waals surface area (Å²) < 4.78 is 0. The van der Waals surface area contributed by atoms with E-state index in [0.29, 0.717) is 5.57 Å². The molecule has 0 aliphatic heterocycles. The molecule has 0 bridgehead atoms. The van der Waals surface area contributed by atoms with Crippen molar-refractivity contribution in [2.45, 2.75) is 26.3 Å². The Labute approximate surface area is 68.9 Å². The summed E-state index contributed by atoms with van der Waals surface area (Å²) in [5.41, 5.74) is 0.190. The largest absolute Gasteiger partial charge is 0.297 e. The lowest BCUT2D eigenvalue weighted by Crippen LogP contribution is -2.45. The molecule has 0 atom stereocenters. The Bertz CT molecular complexity index is 180. The van der Waals surface area contributed by atoms with Gasteiger partial charge in [-0.1, -0.05) is 6.58 Å². The summed E-state index contributed by atoms with van der Waals surface area (Å²) in [4.78, 5) is 13.4. The summed E-state index contributed by atoms with van der Waals surface area (Å²) in [6.07, 6.45) is 0. The number of carbonyl (C=O) groups excluding carboxylic acids is 1. The fraction of sp³-hybridized carbons (Fsp3) is 0.667. The fourth-order valence-corrected chi connectivity index (χ4v) is 0.725. The third-order valence-corrected chi connectivity index (χ3v) is 2.06. The fourth-order valence-electron chi connectivity index (χ4n) is 0.725. The van der Waals surface area contributed by atoms with Crippen molar-refractivity contribution >= 4 is 5.78 Å². The molecule has 0 aliphatic rings. The lowest BCUT2D eigenvalue weighted by atomic mass is 9.93. The lowest BCUT2D eigenvalue weighted by Gasteiger charge is -2.30. The molecule has 2 heteroatoms. The van der Waals surface area contributed by atoms with Crippen LogP contribution in [0.4, 0.5) is 0 Å². The van der Waals surface area contributed by atoms with Crippen molar-refractivity contribution in [1.82, 2.24) is 4.90 Å². The minimum absolute atomic E-state index is 0.0995. The van der Waals surface area contributed by atoms with Crippen LogP contribution in [0.15, 0.2) is 12.2 Å². The summed E-state index contributed by atoms with van der Waals surface area (Å²) in [5.74, 6) is 0.0995. The van der Waals surface area contributed by atoms with Crippen molar-refractivity contribution in [2.75, 3.05) is 14.1 Å². The van der Waals surface area contributed by atoms with Crippen molar-refractivity contribution < 1.29 is 4.79 Å². The highest BCUT2D eigenvalue weighted by atomic mass is 16.1. The third-order valence-electron chi connectivity index (χ3n) is 2.06. The van der Waals surface area contributed by atoms with Gasteiger partial charge in [-0.05, 0) is 40.4 Å². The van der Waals surface area contributed by atoms with Crippen molar-refractivity contribution in [2.24, 2.45) is 0 Å². The van der Waals surface area contributed by atoms with E-state index in [4.69, 9.17) is 0 Å². The molecule has 0 heterocycles. The van der Waals surface area contributed by atoms with Crippen LogP contribution in [0.3, 0.4) is 0 Å². The Morgan fingerprint density at radius 1 is 1.36 bits per heavy atom. The zero-order valence-corrected chi connectivity index (χ0v) is 8.06. The number of hydrogen-bond donors (Lipinski definition) is 0. The molecule has 2 nitrogen and oxygen atoms in total. The summed E-state index contributed by atoms with van der Waals surface area (Å²) in [7, 11) is 3.78. The maximum atomic E-state index is 11.5. The number of ketones is 1. The number of carbonyl (C=O) groups is 1. The predicted octanol–water partition coefficient (Wildman–Crippen LogP) is 1.47. The second-order valence-corrected chi connectivity index (χ2v) is 3.56. The summed E-state index contributed by atoms with van der Waals surface area (Å²) in [6, 6.07) is 0. The van der Waals surface area contributed by atoms with E-state index in [-0.39, 0.29) is 5.78 Å². The summed E-state index contributed by atoms with van der Waals surface area (Å²) in [5, 5.41) is 0. The van der Waals surface area contributed by atoms with E-state index in [9.17, 15) is 4.79 Å². The number of hydrogen-bond acceptors (Lipinski definition) is 2. The monoisotopic (exact) mass is 155 g/mol. The SMILES string of the molecule is C=C(C)C(=O)C(C)(C)N(C)C. The van der Waals surface area contributed by atoms with Gasteiger partial charge in [0.2, 0.25) is 0 Å². The zero-order chi connectivity index (χ0) is 9.23. The zero-order valence-electron chi connectivity index (χ0n) is 8.06. The molecule has 0 aromatic heterocycles. The van der Waals surface area contributed by atoms with Crippen LogP contribution >= 0.6 is 0 Å². The van der Waals surface area contributed by atoms with E-state index >= 15 is 0 Å². The Kier molecular flexibility index (Phi) is 3.00. The standard InChI is InChI=1S/C9H17NO/c1-7(2)8(11)9(3,4)10(5)6/h1H2,2-6H3. The minimum atomic E-state index is -0.425. The first-order valence-electron chi connectivity index (χ1n) is 3.68. The second-order valence-electron chi connectivity index (χ2n) is 3.56. The molecule has 11 heavy (non-hydrogen) atoms. The van der Waals surface area contributed by atoms with Gasteiger partial charge in [0.1, 0.15) is 0 Å². The van der Waals surface area contributed by atoms with E-state index in [0.717, 1.165) is 0 Å². The molecule has 0 fully saturated rings. The van der Waals surface area contributed by atoms with E-state index in [1.54, 1.807) is 6.92 Å². The first kappa shape index (κ1) is 10.4. The average molecular weight is 155 g/mol. The maximum absolute atomic E-state index is 11.5. The molecular weight excluding hydrogens is 138 g/mol. The molecule has 0 aromatic rings.